The molecular weight excluding hydrogens is 208 g/mol. The second-order valence-electron chi connectivity index (χ2n) is 4.84. The van der Waals surface area contributed by atoms with Crippen molar-refractivity contribution in [2.45, 2.75) is 91.3 Å². The van der Waals surface area contributed by atoms with Gasteiger partial charge in [-0.05, 0) is 25.7 Å². The zero-order valence-corrected chi connectivity index (χ0v) is 12.4. The fraction of sp³-hybridized carbons (Fsp3) is 0.875. The van der Waals surface area contributed by atoms with Gasteiger partial charge in [-0.2, -0.15) is 0 Å². The maximum atomic E-state index is 5.40. The fourth-order valence-corrected chi connectivity index (χ4v) is 1.83. The lowest BCUT2D eigenvalue weighted by molar-refractivity contribution is 0.354. The first-order chi connectivity index (χ1) is 8.29. The van der Waals surface area contributed by atoms with Gasteiger partial charge in [0, 0.05) is 0 Å². The molecule has 0 aromatic rings. The van der Waals surface area contributed by atoms with Gasteiger partial charge in [-0.1, -0.05) is 65.5 Å². The molecule has 102 valence electrons. The van der Waals surface area contributed by atoms with Crippen LogP contribution in [0.1, 0.15) is 79.1 Å². The lowest BCUT2D eigenvalue weighted by atomic mass is 10.1. The Labute approximate surface area is 109 Å². The van der Waals surface area contributed by atoms with Gasteiger partial charge in [0.1, 0.15) is 0 Å². The van der Waals surface area contributed by atoms with Crippen LogP contribution in [0.25, 0.3) is 0 Å². The summed E-state index contributed by atoms with van der Waals surface area (Å²) in [5.41, 5.74) is 0. The zero-order valence-electron chi connectivity index (χ0n) is 12.4. The van der Waals surface area contributed by atoms with Crippen molar-refractivity contribution < 1.29 is 4.74 Å². The number of rotatable bonds is 8. The van der Waals surface area contributed by atoms with E-state index in [1.807, 2.05) is 0 Å². The molecule has 0 radical (unpaired) electrons. The van der Waals surface area contributed by atoms with Gasteiger partial charge in [0.2, 0.25) is 0 Å². The molecule has 0 bridgehead atoms. The van der Waals surface area contributed by atoms with Crippen molar-refractivity contribution in [3.63, 3.8) is 0 Å². The molecule has 1 heteroatoms. The van der Waals surface area contributed by atoms with E-state index in [1.165, 1.54) is 51.4 Å². The number of hydrogen-bond donors (Lipinski definition) is 0. The number of allylic oxidation sites excluding steroid dienone is 2. The van der Waals surface area contributed by atoms with Gasteiger partial charge in [-0.3, -0.25) is 0 Å². The first kappa shape index (κ1) is 16.7. The smallest absolute Gasteiger partial charge is 0.0841 e. The summed E-state index contributed by atoms with van der Waals surface area (Å²) in [6.45, 7) is 8.84. The van der Waals surface area contributed by atoms with E-state index in [0.717, 1.165) is 0 Å². The number of unbranched alkanes of at least 4 members (excludes halogenated alkanes) is 2. The van der Waals surface area contributed by atoms with Crippen LogP contribution in [0.2, 0.25) is 0 Å². The molecule has 1 saturated heterocycles. The highest BCUT2D eigenvalue weighted by Gasteiger charge is 2.36. The topological polar surface area (TPSA) is 12.5 Å². The van der Waals surface area contributed by atoms with Gasteiger partial charge in [0.05, 0.1) is 12.2 Å². The Morgan fingerprint density at radius 3 is 1.41 bits per heavy atom. The van der Waals surface area contributed by atoms with Crippen molar-refractivity contribution in [3.05, 3.63) is 12.2 Å². The Morgan fingerprint density at radius 1 is 0.706 bits per heavy atom. The van der Waals surface area contributed by atoms with Gasteiger partial charge in [0.25, 0.3) is 0 Å². The highest BCUT2D eigenvalue weighted by Crippen LogP contribution is 2.29. The van der Waals surface area contributed by atoms with Gasteiger partial charge < -0.3 is 4.74 Å². The van der Waals surface area contributed by atoms with E-state index in [0.29, 0.717) is 12.2 Å². The molecule has 0 aromatic carbocycles. The molecule has 1 aliphatic heterocycles. The van der Waals surface area contributed by atoms with Gasteiger partial charge in [-0.25, -0.2) is 0 Å². The van der Waals surface area contributed by atoms with Crippen LogP contribution in [0.4, 0.5) is 0 Å². The molecule has 1 heterocycles. The monoisotopic (exact) mass is 240 g/mol. The molecule has 2 atom stereocenters. The average molecular weight is 240 g/mol. The van der Waals surface area contributed by atoms with Crippen LogP contribution in [0, 0.1) is 0 Å². The minimum Gasteiger partial charge on any atom is -0.370 e. The van der Waals surface area contributed by atoms with Crippen LogP contribution in [-0.4, -0.2) is 12.2 Å². The van der Waals surface area contributed by atoms with Crippen LogP contribution in [-0.2, 0) is 4.74 Å². The summed E-state index contributed by atoms with van der Waals surface area (Å²) < 4.78 is 5.40. The minimum atomic E-state index is 0.634. The largest absolute Gasteiger partial charge is 0.370 e. The predicted molar refractivity (Wildman–Crippen MR) is 77.4 cm³/mol. The summed E-state index contributed by atoms with van der Waals surface area (Å²) in [4.78, 5) is 0. The maximum absolute atomic E-state index is 5.40. The number of epoxide rings is 1. The fourth-order valence-electron chi connectivity index (χ4n) is 1.83. The summed E-state index contributed by atoms with van der Waals surface area (Å²) in [5, 5.41) is 0. The first-order valence-electron chi connectivity index (χ1n) is 7.60. The van der Waals surface area contributed by atoms with Gasteiger partial charge >= 0.3 is 0 Å². The van der Waals surface area contributed by atoms with Crippen LogP contribution in [0.5, 0.6) is 0 Å². The summed E-state index contributed by atoms with van der Waals surface area (Å²) >= 11 is 0. The average Bonchev–Trinajstić information content (AvgIpc) is 3.05. The van der Waals surface area contributed by atoms with E-state index < -0.39 is 0 Å². The van der Waals surface area contributed by atoms with E-state index in [1.54, 1.807) is 0 Å². The Kier molecular flexibility index (Phi) is 12.0. The van der Waals surface area contributed by atoms with E-state index >= 15 is 0 Å². The molecule has 0 spiro atoms. The SMILES string of the molecule is CCC/C=C/CCC.CCCC1OC1CCC. The Bertz CT molecular complexity index is 156. The van der Waals surface area contributed by atoms with E-state index in [9.17, 15) is 0 Å². The summed E-state index contributed by atoms with van der Waals surface area (Å²) in [7, 11) is 0. The summed E-state index contributed by atoms with van der Waals surface area (Å²) in [5.74, 6) is 0. The molecule has 1 rings (SSSR count). The Hall–Kier alpha value is -0.300. The molecule has 0 aromatic heterocycles. The normalized spacial score (nSPS) is 22.4. The Morgan fingerprint density at radius 2 is 1.12 bits per heavy atom. The maximum Gasteiger partial charge on any atom is 0.0841 e. The lowest BCUT2D eigenvalue weighted by Gasteiger charge is -1.87. The van der Waals surface area contributed by atoms with Crippen molar-refractivity contribution in [2.24, 2.45) is 0 Å². The van der Waals surface area contributed by atoms with Crippen LogP contribution < -0.4 is 0 Å². The van der Waals surface area contributed by atoms with E-state index in [-0.39, 0.29) is 0 Å². The second kappa shape index (κ2) is 12.2. The molecule has 0 amide bonds. The predicted octanol–water partition coefficient (Wildman–Crippen LogP) is 5.50. The minimum absolute atomic E-state index is 0.634. The van der Waals surface area contributed by atoms with Crippen molar-refractivity contribution >= 4 is 0 Å². The molecule has 0 aliphatic carbocycles. The van der Waals surface area contributed by atoms with Crippen LogP contribution in [0.3, 0.4) is 0 Å². The highest BCUT2D eigenvalue weighted by molar-refractivity contribution is 4.83. The second-order valence-corrected chi connectivity index (χ2v) is 4.84. The molecule has 0 saturated carbocycles. The first-order valence-corrected chi connectivity index (χ1v) is 7.60. The van der Waals surface area contributed by atoms with E-state index in [4.69, 9.17) is 4.74 Å². The van der Waals surface area contributed by atoms with Crippen molar-refractivity contribution in [3.8, 4) is 0 Å². The summed E-state index contributed by atoms with van der Waals surface area (Å²) in [6, 6.07) is 0. The van der Waals surface area contributed by atoms with Crippen molar-refractivity contribution in [2.75, 3.05) is 0 Å². The molecular formula is C16H32O. The number of hydrogen-bond acceptors (Lipinski definition) is 1. The molecule has 1 aliphatic rings. The highest BCUT2D eigenvalue weighted by atomic mass is 16.6. The number of ether oxygens (including phenoxy) is 1. The lowest BCUT2D eigenvalue weighted by Crippen LogP contribution is -1.91. The third-order valence-electron chi connectivity index (χ3n) is 2.91. The molecule has 17 heavy (non-hydrogen) atoms. The van der Waals surface area contributed by atoms with Crippen LogP contribution in [0.15, 0.2) is 12.2 Å². The zero-order chi connectivity index (χ0) is 12.9. The molecule has 2 unspecified atom stereocenters. The molecule has 1 nitrogen and oxygen atoms in total. The van der Waals surface area contributed by atoms with Crippen molar-refractivity contribution in [1.29, 1.82) is 0 Å². The quantitative estimate of drug-likeness (QED) is 0.403. The third-order valence-corrected chi connectivity index (χ3v) is 2.91. The third kappa shape index (κ3) is 10.6. The Balaban J connectivity index is 0.000000304. The molecule has 0 N–H and O–H groups in total. The van der Waals surface area contributed by atoms with Gasteiger partial charge in [-0.15, -0.1) is 0 Å². The standard InChI is InChI=1S/C8H16O.C8H16/c1-3-5-7-8(9-7)6-4-2;1-3-5-7-8-6-4-2/h7-8H,3-6H2,1-2H3;7-8H,3-6H2,1-2H3/b;8-7+. The van der Waals surface area contributed by atoms with E-state index in [2.05, 4.69) is 39.8 Å². The molecule has 1 fully saturated rings. The summed E-state index contributed by atoms with van der Waals surface area (Å²) in [6.07, 6.45) is 15.9. The van der Waals surface area contributed by atoms with Crippen LogP contribution >= 0.6 is 0 Å². The van der Waals surface area contributed by atoms with Crippen molar-refractivity contribution in [1.82, 2.24) is 0 Å². The van der Waals surface area contributed by atoms with Gasteiger partial charge in [0.15, 0.2) is 0 Å².